The summed E-state index contributed by atoms with van der Waals surface area (Å²) in [5.74, 6) is -0.375. The highest BCUT2D eigenvalue weighted by atomic mass is 35.5. The summed E-state index contributed by atoms with van der Waals surface area (Å²) in [4.78, 5) is 14.8. The fourth-order valence-electron chi connectivity index (χ4n) is 3.03. The van der Waals surface area contributed by atoms with Crippen molar-refractivity contribution >= 4 is 34.9 Å². The normalized spacial score (nSPS) is 20.5. The average Bonchev–Trinajstić information content (AvgIpc) is 3.39. The fourth-order valence-corrected chi connectivity index (χ4v) is 3.68. The predicted octanol–water partition coefficient (Wildman–Crippen LogP) is 3.20. The minimum atomic E-state index is -0.425. The number of esters is 1. The lowest BCUT2D eigenvalue weighted by Gasteiger charge is -2.38. The molecule has 2 aliphatic rings. The van der Waals surface area contributed by atoms with E-state index in [0.29, 0.717) is 28.4 Å². The highest BCUT2D eigenvalue weighted by Gasteiger charge is 2.41. The number of allylic oxidation sites excluding steroid dienone is 1. The van der Waals surface area contributed by atoms with Gasteiger partial charge in [0, 0.05) is 23.9 Å². The molecule has 0 unspecified atom stereocenters. The van der Waals surface area contributed by atoms with Gasteiger partial charge in [-0.2, -0.15) is 0 Å². The van der Waals surface area contributed by atoms with Gasteiger partial charge in [-0.1, -0.05) is 29.8 Å². The van der Waals surface area contributed by atoms with Gasteiger partial charge in [0.15, 0.2) is 5.11 Å². The Bertz CT molecular complexity index is 718. The number of halogens is 1. The molecule has 1 saturated carbocycles. The molecule has 5 nitrogen and oxygen atoms in total. The second-order valence-corrected chi connectivity index (χ2v) is 6.93. The van der Waals surface area contributed by atoms with Crippen LogP contribution in [0.25, 0.3) is 0 Å². The maximum atomic E-state index is 12.8. The number of benzene rings is 1. The van der Waals surface area contributed by atoms with Crippen LogP contribution in [-0.2, 0) is 14.3 Å². The standard InChI is InChI=1S/C18H21ClN2O3S/c1-11-15(17(22)24-10-9-23-2)16(13-5-3-4-6-14(13)19)20-18(25)21(11)12-7-8-12/h3-6,12,16H,7-10H2,1-2H3,(H,20,25)/t16-/m1/s1. The number of rotatable bonds is 6. The zero-order valence-corrected chi connectivity index (χ0v) is 15.8. The quantitative estimate of drug-likeness (QED) is 0.464. The first-order valence-corrected chi connectivity index (χ1v) is 9.04. The van der Waals surface area contributed by atoms with Gasteiger partial charge in [0.1, 0.15) is 6.61 Å². The summed E-state index contributed by atoms with van der Waals surface area (Å²) in [5, 5.41) is 4.48. The molecule has 0 amide bonds. The van der Waals surface area contributed by atoms with E-state index in [-0.39, 0.29) is 12.6 Å². The van der Waals surface area contributed by atoms with Crippen LogP contribution in [-0.4, -0.2) is 42.3 Å². The molecule has 1 heterocycles. The third-order valence-corrected chi connectivity index (χ3v) is 5.05. The van der Waals surface area contributed by atoms with E-state index >= 15 is 0 Å². The highest BCUT2D eigenvalue weighted by Crippen LogP contribution is 2.39. The predicted molar refractivity (Wildman–Crippen MR) is 100 cm³/mol. The van der Waals surface area contributed by atoms with E-state index in [1.165, 1.54) is 0 Å². The number of hydrogen-bond donors (Lipinski definition) is 1. The van der Waals surface area contributed by atoms with E-state index in [4.69, 9.17) is 33.3 Å². The molecule has 3 rings (SSSR count). The minimum absolute atomic E-state index is 0.204. The number of nitrogens with one attached hydrogen (secondary N) is 1. The van der Waals surface area contributed by atoms with Crippen LogP contribution >= 0.6 is 23.8 Å². The van der Waals surface area contributed by atoms with Crippen molar-refractivity contribution in [2.75, 3.05) is 20.3 Å². The van der Waals surface area contributed by atoms with Gasteiger partial charge in [0.05, 0.1) is 18.2 Å². The number of carbonyl (C=O) groups is 1. The Balaban J connectivity index is 1.99. The maximum absolute atomic E-state index is 12.8. The van der Waals surface area contributed by atoms with Crippen LogP contribution in [0.3, 0.4) is 0 Å². The Kier molecular flexibility index (Phi) is 5.61. The molecule has 1 aromatic carbocycles. The Labute approximate surface area is 157 Å². The Morgan fingerprint density at radius 1 is 1.36 bits per heavy atom. The zero-order valence-electron chi connectivity index (χ0n) is 14.3. The van der Waals surface area contributed by atoms with Crippen LogP contribution in [0, 0.1) is 0 Å². The molecule has 0 radical (unpaired) electrons. The topological polar surface area (TPSA) is 50.8 Å². The average molecular weight is 381 g/mol. The molecule has 1 aliphatic carbocycles. The van der Waals surface area contributed by atoms with E-state index in [0.717, 1.165) is 24.1 Å². The van der Waals surface area contributed by atoms with Crippen molar-refractivity contribution in [3.63, 3.8) is 0 Å². The van der Waals surface area contributed by atoms with Gasteiger partial charge in [0.2, 0.25) is 0 Å². The first-order chi connectivity index (χ1) is 12.0. The van der Waals surface area contributed by atoms with Crippen molar-refractivity contribution in [3.05, 3.63) is 46.1 Å². The highest BCUT2D eigenvalue weighted by molar-refractivity contribution is 7.80. The van der Waals surface area contributed by atoms with Gasteiger partial charge in [-0.25, -0.2) is 4.79 Å². The molecule has 0 bridgehead atoms. The monoisotopic (exact) mass is 380 g/mol. The number of thiocarbonyl (C=S) groups is 1. The fraction of sp³-hybridized carbons (Fsp3) is 0.444. The molecular weight excluding hydrogens is 360 g/mol. The summed E-state index contributed by atoms with van der Waals surface area (Å²) in [7, 11) is 1.57. The second-order valence-electron chi connectivity index (χ2n) is 6.13. The summed E-state index contributed by atoms with van der Waals surface area (Å²) >= 11 is 11.9. The molecule has 1 atom stereocenters. The van der Waals surface area contributed by atoms with Gasteiger partial charge in [0.25, 0.3) is 0 Å². The summed E-state index contributed by atoms with van der Waals surface area (Å²) in [6.45, 7) is 2.48. The van der Waals surface area contributed by atoms with Crippen LogP contribution in [0.5, 0.6) is 0 Å². The van der Waals surface area contributed by atoms with Crippen LogP contribution in [0.2, 0.25) is 5.02 Å². The maximum Gasteiger partial charge on any atom is 0.338 e. The summed E-state index contributed by atoms with van der Waals surface area (Å²) in [5.41, 5.74) is 2.18. The minimum Gasteiger partial charge on any atom is -0.460 e. The van der Waals surface area contributed by atoms with E-state index < -0.39 is 6.04 Å². The Morgan fingerprint density at radius 3 is 2.72 bits per heavy atom. The van der Waals surface area contributed by atoms with E-state index in [9.17, 15) is 4.79 Å². The van der Waals surface area contributed by atoms with Crippen molar-refractivity contribution in [1.29, 1.82) is 0 Å². The largest absolute Gasteiger partial charge is 0.460 e. The van der Waals surface area contributed by atoms with Crippen molar-refractivity contribution in [2.45, 2.75) is 31.8 Å². The molecule has 0 saturated heterocycles. The molecule has 0 aromatic heterocycles. The molecule has 25 heavy (non-hydrogen) atoms. The van der Waals surface area contributed by atoms with Crippen molar-refractivity contribution in [1.82, 2.24) is 10.2 Å². The van der Waals surface area contributed by atoms with Crippen LogP contribution < -0.4 is 5.32 Å². The first kappa shape index (κ1) is 18.2. The molecule has 1 aromatic rings. The lowest BCUT2D eigenvalue weighted by molar-refractivity contribution is -0.140. The lowest BCUT2D eigenvalue weighted by atomic mass is 9.95. The molecule has 1 N–H and O–H groups in total. The van der Waals surface area contributed by atoms with Crippen LogP contribution in [0.15, 0.2) is 35.5 Å². The molecule has 134 valence electrons. The number of carbonyl (C=O) groups excluding carboxylic acids is 1. The number of ether oxygens (including phenoxy) is 2. The molecule has 1 fully saturated rings. The van der Waals surface area contributed by atoms with Gasteiger partial charge in [-0.3, -0.25) is 0 Å². The Morgan fingerprint density at radius 2 is 2.08 bits per heavy atom. The van der Waals surface area contributed by atoms with Crippen molar-refractivity contribution in [3.8, 4) is 0 Å². The van der Waals surface area contributed by atoms with Crippen molar-refractivity contribution in [2.24, 2.45) is 0 Å². The lowest BCUT2D eigenvalue weighted by Crippen LogP contribution is -2.48. The summed E-state index contributed by atoms with van der Waals surface area (Å²) in [6.07, 6.45) is 2.14. The Hall–Kier alpha value is -1.63. The third kappa shape index (κ3) is 3.81. The van der Waals surface area contributed by atoms with Crippen LogP contribution in [0.4, 0.5) is 0 Å². The SMILES string of the molecule is COCCOC(=O)C1=C(C)N(C2CC2)C(=S)N[C@@H]1c1ccccc1Cl. The molecule has 0 spiro atoms. The molecule has 7 heteroatoms. The van der Waals surface area contributed by atoms with E-state index in [2.05, 4.69) is 5.32 Å². The van der Waals surface area contributed by atoms with Crippen LogP contribution in [0.1, 0.15) is 31.4 Å². The summed E-state index contributed by atoms with van der Waals surface area (Å²) < 4.78 is 10.4. The van der Waals surface area contributed by atoms with Gasteiger partial charge in [-0.05, 0) is 43.6 Å². The zero-order chi connectivity index (χ0) is 18.0. The van der Waals surface area contributed by atoms with E-state index in [1.807, 2.05) is 30.0 Å². The number of methoxy groups -OCH3 is 1. The van der Waals surface area contributed by atoms with Gasteiger partial charge >= 0.3 is 5.97 Å². The third-order valence-electron chi connectivity index (χ3n) is 4.40. The number of nitrogens with zero attached hydrogens (tertiary/aromatic N) is 1. The molecule has 1 aliphatic heterocycles. The first-order valence-electron chi connectivity index (χ1n) is 8.25. The van der Waals surface area contributed by atoms with Gasteiger partial charge < -0.3 is 19.7 Å². The summed E-state index contributed by atoms with van der Waals surface area (Å²) in [6, 6.07) is 7.38. The van der Waals surface area contributed by atoms with E-state index in [1.54, 1.807) is 13.2 Å². The smallest absolute Gasteiger partial charge is 0.338 e. The van der Waals surface area contributed by atoms with Gasteiger partial charge in [-0.15, -0.1) is 0 Å². The molecular formula is C18H21ClN2O3S. The number of hydrogen-bond acceptors (Lipinski definition) is 4. The second kappa shape index (κ2) is 7.72. The van der Waals surface area contributed by atoms with Crippen molar-refractivity contribution < 1.29 is 14.3 Å².